The Bertz CT molecular complexity index is 782. The van der Waals surface area contributed by atoms with Crippen LogP contribution >= 0.6 is 11.6 Å². The molecule has 9 heteroatoms. The third kappa shape index (κ3) is 5.24. The Morgan fingerprint density at radius 3 is 2.46 bits per heavy atom. The van der Waals surface area contributed by atoms with Crippen LogP contribution in [0.2, 0.25) is 5.02 Å². The molecule has 0 aliphatic carbocycles. The second-order valence-corrected chi connectivity index (χ2v) is 7.30. The van der Waals surface area contributed by atoms with Crippen LogP contribution in [-0.4, -0.2) is 31.5 Å². The van der Waals surface area contributed by atoms with E-state index < -0.39 is 10.0 Å². The van der Waals surface area contributed by atoms with E-state index in [9.17, 15) is 8.42 Å². The first-order chi connectivity index (χ1) is 11.4. The van der Waals surface area contributed by atoms with Crippen molar-refractivity contribution in [3.8, 4) is 5.75 Å². The fourth-order valence-electron chi connectivity index (χ4n) is 1.89. The van der Waals surface area contributed by atoms with Gasteiger partial charge in [0.05, 0.1) is 17.9 Å². The highest BCUT2D eigenvalue weighted by Gasteiger charge is 2.11. The average molecular weight is 371 g/mol. The predicted octanol–water partition coefficient (Wildman–Crippen LogP) is 3.42. The van der Waals surface area contributed by atoms with Crippen molar-refractivity contribution in [2.24, 2.45) is 0 Å². The Balaban J connectivity index is 2.03. The van der Waals surface area contributed by atoms with Gasteiger partial charge in [-0.05, 0) is 36.8 Å². The van der Waals surface area contributed by atoms with E-state index in [1.807, 2.05) is 6.92 Å². The first-order valence-corrected chi connectivity index (χ1v) is 9.41. The summed E-state index contributed by atoms with van der Waals surface area (Å²) >= 11 is 6.06. The highest BCUT2D eigenvalue weighted by molar-refractivity contribution is 7.92. The van der Waals surface area contributed by atoms with Gasteiger partial charge in [0.25, 0.3) is 0 Å². The lowest BCUT2D eigenvalue weighted by atomic mass is 10.3. The molecule has 0 saturated heterocycles. The molecule has 1 aromatic carbocycles. The fourth-order valence-corrected chi connectivity index (χ4v) is 3.35. The van der Waals surface area contributed by atoms with Gasteiger partial charge in [-0.1, -0.05) is 24.9 Å². The Hall–Kier alpha value is -2.06. The molecular weight excluding hydrogens is 352 g/mol. The van der Waals surface area contributed by atoms with Gasteiger partial charge in [0.15, 0.2) is 11.6 Å². The summed E-state index contributed by atoms with van der Waals surface area (Å²) in [6, 6.07) is 8.39. The van der Waals surface area contributed by atoms with Gasteiger partial charge in [0.1, 0.15) is 5.75 Å². The van der Waals surface area contributed by atoms with Crippen LogP contribution in [0.5, 0.6) is 5.75 Å². The van der Waals surface area contributed by atoms with Gasteiger partial charge in [-0.25, -0.2) is 8.42 Å². The van der Waals surface area contributed by atoms with E-state index in [4.69, 9.17) is 16.3 Å². The van der Waals surface area contributed by atoms with E-state index in [1.54, 1.807) is 37.4 Å². The van der Waals surface area contributed by atoms with Crippen molar-refractivity contribution < 1.29 is 13.2 Å². The van der Waals surface area contributed by atoms with Crippen molar-refractivity contribution in [1.82, 2.24) is 10.2 Å². The van der Waals surface area contributed by atoms with Gasteiger partial charge in [-0.15, -0.1) is 10.2 Å². The van der Waals surface area contributed by atoms with Crippen LogP contribution in [0.25, 0.3) is 0 Å². The normalized spacial score (nSPS) is 11.1. The van der Waals surface area contributed by atoms with E-state index in [2.05, 4.69) is 20.2 Å². The van der Waals surface area contributed by atoms with Gasteiger partial charge in [0.2, 0.25) is 10.0 Å². The van der Waals surface area contributed by atoms with Crippen molar-refractivity contribution in [3.05, 3.63) is 35.4 Å². The van der Waals surface area contributed by atoms with Crippen LogP contribution in [0.4, 0.5) is 17.3 Å². The summed E-state index contributed by atoms with van der Waals surface area (Å²) < 4.78 is 31.1. The molecule has 2 aromatic rings. The lowest BCUT2D eigenvalue weighted by Crippen LogP contribution is -2.17. The molecule has 24 heavy (non-hydrogen) atoms. The molecule has 1 aromatic heterocycles. The molecule has 0 bridgehead atoms. The third-order valence-corrected chi connectivity index (χ3v) is 4.76. The molecule has 0 fully saturated rings. The van der Waals surface area contributed by atoms with Crippen LogP contribution in [0.15, 0.2) is 30.3 Å². The van der Waals surface area contributed by atoms with Gasteiger partial charge in [-0.3, -0.25) is 4.72 Å². The first-order valence-electron chi connectivity index (χ1n) is 7.38. The summed E-state index contributed by atoms with van der Waals surface area (Å²) in [4.78, 5) is 0. The molecule has 7 nitrogen and oxygen atoms in total. The number of rotatable bonds is 8. The quantitative estimate of drug-likeness (QED) is 0.739. The second-order valence-electron chi connectivity index (χ2n) is 5.05. The number of sulfonamides is 1. The minimum Gasteiger partial charge on any atom is -0.495 e. The number of hydrogen-bond donors (Lipinski definition) is 2. The Kier molecular flexibility index (Phi) is 6.22. The van der Waals surface area contributed by atoms with Crippen LogP contribution in [-0.2, 0) is 10.0 Å². The summed E-state index contributed by atoms with van der Waals surface area (Å²) in [5, 5.41) is 11.3. The molecule has 0 saturated carbocycles. The maximum absolute atomic E-state index is 11.8. The van der Waals surface area contributed by atoms with E-state index in [0.717, 1.165) is 6.42 Å². The van der Waals surface area contributed by atoms with Gasteiger partial charge in [-0.2, -0.15) is 0 Å². The van der Waals surface area contributed by atoms with Gasteiger partial charge >= 0.3 is 0 Å². The fraction of sp³-hybridized carbons (Fsp3) is 0.333. The van der Waals surface area contributed by atoms with E-state index in [1.165, 1.54) is 0 Å². The Labute approximate surface area is 146 Å². The maximum atomic E-state index is 11.8. The summed E-state index contributed by atoms with van der Waals surface area (Å²) in [6.07, 6.45) is 1.40. The number of nitrogens with zero attached hydrogens (tertiary/aromatic N) is 2. The molecule has 1 heterocycles. The van der Waals surface area contributed by atoms with Crippen LogP contribution in [0.1, 0.15) is 19.8 Å². The molecule has 0 radical (unpaired) electrons. The SMILES string of the molecule is CCCCS(=O)(=O)Nc1ccc(Nc2ccc(OC)c(Cl)c2)nn1. The Morgan fingerprint density at radius 1 is 1.17 bits per heavy atom. The molecule has 0 aliphatic heterocycles. The number of nitrogens with one attached hydrogen (secondary N) is 2. The standard InChI is InChI=1S/C15H19ClN4O3S/c1-3-4-9-24(21,22)20-15-8-7-14(18-19-15)17-11-5-6-13(23-2)12(16)10-11/h5-8,10H,3-4,9H2,1-2H3,(H,17,18)(H,19,20). The van der Waals surface area contributed by atoms with E-state index >= 15 is 0 Å². The van der Waals surface area contributed by atoms with E-state index in [0.29, 0.717) is 28.7 Å². The van der Waals surface area contributed by atoms with Crippen molar-refractivity contribution >= 4 is 38.9 Å². The number of aromatic nitrogens is 2. The van der Waals surface area contributed by atoms with Crippen molar-refractivity contribution in [2.75, 3.05) is 22.9 Å². The number of hydrogen-bond acceptors (Lipinski definition) is 6. The minimum atomic E-state index is -3.39. The number of benzene rings is 1. The topological polar surface area (TPSA) is 93.2 Å². The van der Waals surface area contributed by atoms with Crippen LogP contribution in [0.3, 0.4) is 0 Å². The number of halogens is 1. The molecule has 0 aliphatic rings. The van der Waals surface area contributed by atoms with Crippen LogP contribution in [0, 0.1) is 0 Å². The number of unbranched alkanes of at least 4 members (excludes halogenated alkanes) is 1. The zero-order valence-corrected chi connectivity index (χ0v) is 15.0. The zero-order valence-electron chi connectivity index (χ0n) is 13.4. The molecule has 0 unspecified atom stereocenters. The monoisotopic (exact) mass is 370 g/mol. The molecule has 0 atom stereocenters. The number of methoxy groups -OCH3 is 1. The summed E-state index contributed by atoms with van der Waals surface area (Å²) in [5.74, 6) is 1.29. The molecule has 0 spiro atoms. The molecule has 130 valence electrons. The summed E-state index contributed by atoms with van der Waals surface area (Å²) in [7, 11) is -1.84. The molecule has 2 N–H and O–H groups in total. The smallest absolute Gasteiger partial charge is 0.233 e. The maximum Gasteiger partial charge on any atom is 0.233 e. The van der Waals surface area contributed by atoms with Gasteiger partial charge < -0.3 is 10.1 Å². The molecule has 0 amide bonds. The van der Waals surface area contributed by atoms with Crippen LogP contribution < -0.4 is 14.8 Å². The second kappa shape index (κ2) is 8.16. The van der Waals surface area contributed by atoms with Crippen molar-refractivity contribution in [2.45, 2.75) is 19.8 Å². The largest absolute Gasteiger partial charge is 0.495 e. The van der Waals surface area contributed by atoms with Gasteiger partial charge in [0, 0.05) is 5.69 Å². The lowest BCUT2D eigenvalue weighted by Gasteiger charge is -2.09. The predicted molar refractivity (Wildman–Crippen MR) is 95.6 cm³/mol. The number of ether oxygens (including phenoxy) is 1. The zero-order chi connectivity index (χ0) is 17.6. The lowest BCUT2D eigenvalue weighted by molar-refractivity contribution is 0.415. The summed E-state index contributed by atoms with van der Waals surface area (Å²) in [5.41, 5.74) is 0.714. The number of anilines is 3. The molecular formula is C15H19ClN4O3S. The highest BCUT2D eigenvalue weighted by Crippen LogP contribution is 2.28. The third-order valence-electron chi connectivity index (χ3n) is 3.12. The molecule has 2 rings (SSSR count). The van der Waals surface area contributed by atoms with Crippen molar-refractivity contribution in [3.63, 3.8) is 0 Å². The Morgan fingerprint density at radius 2 is 1.88 bits per heavy atom. The first kappa shape index (κ1) is 18.3. The summed E-state index contributed by atoms with van der Waals surface area (Å²) in [6.45, 7) is 1.93. The van der Waals surface area contributed by atoms with Crippen molar-refractivity contribution in [1.29, 1.82) is 0 Å². The average Bonchev–Trinajstić information content (AvgIpc) is 2.55. The van der Waals surface area contributed by atoms with E-state index in [-0.39, 0.29) is 11.6 Å². The minimum absolute atomic E-state index is 0.0650. The highest BCUT2D eigenvalue weighted by atomic mass is 35.5.